The maximum absolute atomic E-state index is 12.4. The van der Waals surface area contributed by atoms with E-state index in [0.29, 0.717) is 0 Å². The minimum atomic E-state index is -1.19. The van der Waals surface area contributed by atoms with Crippen LogP contribution in [-0.2, 0) is 4.79 Å². The Morgan fingerprint density at radius 3 is 2.05 bits per heavy atom. The van der Waals surface area contributed by atoms with Gasteiger partial charge in [0.25, 0.3) is 5.91 Å². The van der Waals surface area contributed by atoms with Crippen LogP contribution in [0, 0.1) is 0 Å². The van der Waals surface area contributed by atoms with Crippen molar-refractivity contribution < 1.29 is 14.7 Å². The summed E-state index contributed by atoms with van der Waals surface area (Å²) in [6, 6.07) is -0.0410. The quantitative estimate of drug-likeness (QED) is 0.601. The first-order valence-corrected chi connectivity index (χ1v) is 7.64. The SMILES string of the molecule is CC(C)(Br)C(=O)N(NC(=O)O)C1CCCCCCC1. The first kappa shape index (κ1) is 16.3. The largest absolute Gasteiger partial charge is 0.464 e. The number of alkyl halides is 1. The number of rotatable bonds is 2. The van der Waals surface area contributed by atoms with Crippen LogP contribution < -0.4 is 5.43 Å². The molecule has 0 aromatic heterocycles. The van der Waals surface area contributed by atoms with E-state index in [9.17, 15) is 9.59 Å². The third-order valence-electron chi connectivity index (χ3n) is 3.38. The van der Waals surface area contributed by atoms with Crippen LogP contribution in [0.4, 0.5) is 4.79 Å². The molecule has 2 N–H and O–H groups in total. The van der Waals surface area contributed by atoms with Crippen LogP contribution in [-0.4, -0.2) is 32.5 Å². The fourth-order valence-corrected chi connectivity index (χ4v) is 2.58. The van der Waals surface area contributed by atoms with Gasteiger partial charge in [0.15, 0.2) is 0 Å². The van der Waals surface area contributed by atoms with Crippen LogP contribution in [0.1, 0.15) is 58.8 Å². The Bertz CT molecular complexity index is 320. The number of nitrogens with one attached hydrogen (secondary N) is 1. The standard InChI is InChI=1S/C13H23BrN2O3/c1-13(2,14)11(17)16(15-12(18)19)10-8-6-4-3-5-7-9-10/h10,15H,3-9H2,1-2H3,(H,18,19). The van der Waals surface area contributed by atoms with Gasteiger partial charge in [0.1, 0.15) is 4.32 Å². The van der Waals surface area contributed by atoms with Crippen LogP contribution >= 0.6 is 15.9 Å². The van der Waals surface area contributed by atoms with Crippen LogP contribution in [0.2, 0.25) is 0 Å². The minimum absolute atomic E-state index is 0.0410. The number of amides is 2. The van der Waals surface area contributed by atoms with Crippen molar-refractivity contribution in [1.82, 2.24) is 10.4 Å². The van der Waals surface area contributed by atoms with E-state index >= 15 is 0 Å². The van der Waals surface area contributed by atoms with E-state index in [0.717, 1.165) is 38.5 Å². The summed E-state index contributed by atoms with van der Waals surface area (Å²) in [7, 11) is 0. The van der Waals surface area contributed by atoms with Crippen LogP contribution in [0.25, 0.3) is 0 Å². The van der Waals surface area contributed by atoms with Crippen LogP contribution in [0.5, 0.6) is 0 Å². The average Bonchev–Trinajstić information content (AvgIpc) is 2.23. The lowest BCUT2D eigenvalue weighted by Crippen LogP contribution is -2.56. The zero-order valence-corrected chi connectivity index (χ0v) is 13.2. The lowest BCUT2D eigenvalue weighted by molar-refractivity contribution is -0.138. The van der Waals surface area contributed by atoms with Crippen molar-refractivity contribution in [3.63, 3.8) is 0 Å². The molecule has 1 fully saturated rings. The second-order valence-corrected chi connectivity index (χ2v) is 7.55. The van der Waals surface area contributed by atoms with Crippen LogP contribution in [0.15, 0.2) is 0 Å². The molecule has 0 unspecified atom stereocenters. The Balaban J connectivity index is 2.81. The van der Waals surface area contributed by atoms with Crippen molar-refractivity contribution >= 4 is 27.9 Å². The van der Waals surface area contributed by atoms with Crippen molar-refractivity contribution in [2.45, 2.75) is 69.2 Å². The summed E-state index contributed by atoms with van der Waals surface area (Å²) in [5.41, 5.74) is 2.27. The predicted octanol–water partition coefficient (Wildman–Crippen LogP) is 3.28. The molecule has 0 atom stereocenters. The van der Waals surface area contributed by atoms with E-state index in [1.54, 1.807) is 13.8 Å². The van der Waals surface area contributed by atoms with E-state index in [-0.39, 0.29) is 11.9 Å². The van der Waals surface area contributed by atoms with Gasteiger partial charge in [-0.2, -0.15) is 0 Å². The molecule has 0 heterocycles. The van der Waals surface area contributed by atoms with Crippen molar-refractivity contribution in [1.29, 1.82) is 0 Å². The summed E-state index contributed by atoms with van der Waals surface area (Å²) in [6.45, 7) is 3.46. The molecule has 1 aliphatic carbocycles. The molecular formula is C13H23BrN2O3. The van der Waals surface area contributed by atoms with Crippen molar-refractivity contribution in [2.24, 2.45) is 0 Å². The van der Waals surface area contributed by atoms with Gasteiger partial charge in [-0.25, -0.2) is 15.2 Å². The smallest absolute Gasteiger partial charge is 0.423 e. The predicted molar refractivity (Wildman–Crippen MR) is 77.1 cm³/mol. The third kappa shape index (κ3) is 5.38. The summed E-state index contributed by atoms with van der Waals surface area (Å²) in [5, 5.41) is 10.2. The zero-order chi connectivity index (χ0) is 14.5. The fourth-order valence-electron chi connectivity index (χ4n) is 2.39. The summed E-state index contributed by atoms with van der Waals surface area (Å²) in [5.74, 6) is -0.236. The van der Waals surface area contributed by atoms with Crippen molar-refractivity contribution in [3.05, 3.63) is 0 Å². The van der Waals surface area contributed by atoms with E-state index in [4.69, 9.17) is 5.11 Å². The second kappa shape index (κ2) is 7.12. The van der Waals surface area contributed by atoms with E-state index < -0.39 is 10.4 Å². The van der Waals surface area contributed by atoms with Gasteiger partial charge in [-0.05, 0) is 26.7 Å². The molecule has 0 aromatic carbocycles. The van der Waals surface area contributed by atoms with Gasteiger partial charge in [0.05, 0.1) is 6.04 Å². The molecule has 0 aliphatic heterocycles. The molecule has 6 heteroatoms. The number of hydrogen-bond acceptors (Lipinski definition) is 2. The Hall–Kier alpha value is -0.780. The molecular weight excluding hydrogens is 312 g/mol. The fraction of sp³-hybridized carbons (Fsp3) is 0.846. The zero-order valence-electron chi connectivity index (χ0n) is 11.6. The molecule has 0 aromatic rings. The summed E-state index contributed by atoms with van der Waals surface area (Å²) in [6.07, 6.45) is 6.15. The Kier molecular flexibility index (Phi) is 6.10. The van der Waals surface area contributed by atoms with Crippen molar-refractivity contribution in [3.8, 4) is 0 Å². The average molecular weight is 335 g/mol. The van der Waals surface area contributed by atoms with Crippen LogP contribution in [0.3, 0.4) is 0 Å². The monoisotopic (exact) mass is 334 g/mol. The number of carbonyl (C=O) groups excluding carboxylic acids is 1. The number of carboxylic acid groups (broad SMARTS) is 1. The molecule has 0 radical (unpaired) electrons. The first-order chi connectivity index (χ1) is 8.82. The first-order valence-electron chi connectivity index (χ1n) is 6.84. The van der Waals surface area contributed by atoms with E-state index in [1.165, 1.54) is 11.4 Å². The molecule has 19 heavy (non-hydrogen) atoms. The topological polar surface area (TPSA) is 69.6 Å². The number of hydrogen-bond donors (Lipinski definition) is 2. The summed E-state index contributed by atoms with van der Waals surface area (Å²) < 4.78 is -0.766. The second-order valence-electron chi connectivity index (χ2n) is 5.56. The van der Waals surface area contributed by atoms with Gasteiger partial charge in [-0.1, -0.05) is 48.0 Å². The summed E-state index contributed by atoms with van der Waals surface area (Å²) >= 11 is 3.31. The Labute approximate surface area is 122 Å². The maximum Gasteiger partial charge on any atom is 0.423 e. The maximum atomic E-state index is 12.4. The summed E-state index contributed by atoms with van der Waals surface area (Å²) in [4.78, 5) is 23.3. The van der Waals surface area contributed by atoms with Gasteiger partial charge in [0.2, 0.25) is 0 Å². The molecule has 110 valence electrons. The third-order valence-corrected chi connectivity index (χ3v) is 3.72. The lowest BCUT2D eigenvalue weighted by Gasteiger charge is -2.35. The Morgan fingerprint density at radius 2 is 1.63 bits per heavy atom. The molecule has 0 saturated heterocycles. The number of halogens is 1. The van der Waals surface area contributed by atoms with Crippen molar-refractivity contribution in [2.75, 3.05) is 0 Å². The number of nitrogens with zero attached hydrogens (tertiary/aromatic N) is 1. The molecule has 2 amide bonds. The number of carbonyl (C=O) groups is 2. The van der Waals surface area contributed by atoms with E-state index in [1.807, 2.05) is 0 Å². The van der Waals surface area contributed by atoms with Gasteiger partial charge >= 0.3 is 6.09 Å². The molecule has 5 nitrogen and oxygen atoms in total. The highest BCUT2D eigenvalue weighted by molar-refractivity contribution is 9.10. The highest BCUT2D eigenvalue weighted by Crippen LogP contribution is 2.25. The van der Waals surface area contributed by atoms with Gasteiger partial charge < -0.3 is 5.11 Å². The highest BCUT2D eigenvalue weighted by Gasteiger charge is 2.34. The molecule has 1 saturated carbocycles. The lowest BCUT2D eigenvalue weighted by atomic mass is 9.96. The number of hydrazine groups is 1. The van der Waals surface area contributed by atoms with E-state index in [2.05, 4.69) is 21.4 Å². The molecule has 1 rings (SSSR count). The van der Waals surface area contributed by atoms with Gasteiger partial charge in [-0.15, -0.1) is 0 Å². The van der Waals surface area contributed by atoms with Gasteiger partial charge in [-0.3, -0.25) is 4.79 Å². The molecule has 0 bridgehead atoms. The van der Waals surface area contributed by atoms with Gasteiger partial charge in [0, 0.05) is 0 Å². The highest BCUT2D eigenvalue weighted by atomic mass is 79.9. The molecule has 0 spiro atoms. The minimum Gasteiger partial charge on any atom is -0.464 e. The Morgan fingerprint density at radius 1 is 1.16 bits per heavy atom. The molecule has 1 aliphatic rings. The normalized spacial score (nSPS) is 18.3.